The smallest absolute Gasteiger partial charge is 0.160 e. The first-order valence-electron chi connectivity index (χ1n) is 11.3. The molecule has 1 aromatic carbocycles. The largest absolute Gasteiger partial charge is 0.300 e. The molecule has 2 saturated carbocycles. The van der Waals surface area contributed by atoms with Crippen molar-refractivity contribution in [1.29, 1.82) is 0 Å². The molecule has 156 valence electrons. The van der Waals surface area contributed by atoms with Crippen LogP contribution in [0.2, 0.25) is 0 Å². The summed E-state index contributed by atoms with van der Waals surface area (Å²) >= 11 is 0. The quantitative estimate of drug-likeness (QED) is 0.559. The van der Waals surface area contributed by atoms with Crippen molar-refractivity contribution in [2.24, 2.45) is 5.92 Å². The molecule has 31 heavy (non-hydrogen) atoms. The molecule has 0 radical (unpaired) electrons. The van der Waals surface area contributed by atoms with Crippen LogP contribution in [0.5, 0.6) is 0 Å². The van der Waals surface area contributed by atoms with Gasteiger partial charge in [-0.05, 0) is 62.3 Å². The zero-order valence-corrected chi connectivity index (χ0v) is 17.4. The molecule has 3 aliphatic rings. The van der Waals surface area contributed by atoms with E-state index in [1.807, 2.05) is 18.3 Å². The maximum atomic E-state index is 14.8. The lowest BCUT2D eigenvalue weighted by Gasteiger charge is -2.36. The lowest BCUT2D eigenvalue weighted by molar-refractivity contribution is -0.122. The molecule has 3 aromatic rings. The number of hydrogen-bond donors (Lipinski definition) is 0. The van der Waals surface area contributed by atoms with E-state index in [4.69, 9.17) is 9.97 Å². The molecule has 0 N–H and O–H groups in total. The average Bonchev–Trinajstić information content (AvgIpc) is 3.64. The highest BCUT2D eigenvalue weighted by atomic mass is 19.1. The number of carbonyl (C=O) groups excluding carboxylic acids is 1. The third kappa shape index (κ3) is 3.36. The van der Waals surface area contributed by atoms with Gasteiger partial charge in [0.15, 0.2) is 5.82 Å². The van der Waals surface area contributed by atoms with E-state index in [-0.39, 0.29) is 11.7 Å². The first-order chi connectivity index (χ1) is 15.2. The van der Waals surface area contributed by atoms with Gasteiger partial charge >= 0.3 is 0 Å². The number of aromatic nitrogens is 3. The number of fused-ring (bicyclic) bond motifs is 3. The van der Waals surface area contributed by atoms with Crippen molar-refractivity contribution in [1.82, 2.24) is 15.0 Å². The second kappa shape index (κ2) is 7.33. The third-order valence-corrected chi connectivity index (χ3v) is 7.11. The second-order valence-electron chi connectivity index (χ2n) is 9.17. The summed E-state index contributed by atoms with van der Waals surface area (Å²) < 4.78 is 14.8. The van der Waals surface area contributed by atoms with Crippen LogP contribution in [0.1, 0.15) is 67.3 Å². The fourth-order valence-electron chi connectivity index (χ4n) is 5.33. The predicted octanol–water partition coefficient (Wildman–Crippen LogP) is 5.62. The summed E-state index contributed by atoms with van der Waals surface area (Å²) in [4.78, 5) is 26.6. The monoisotopic (exact) mass is 413 g/mol. The lowest BCUT2D eigenvalue weighted by Crippen LogP contribution is -2.29. The Bertz CT molecular complexity index is 1190. The predicted molar refractivity (Wildman–Crippen MR) is 116 cm³/mol. The maximum absolute atomic E-state index is 14.8. The normalized spacial score (nSPS) is 22.7. The van der Waals surface area contributed by atoms with E-state index < -0.39 is 0 Å². The van der Waals surface area contributed by atoms with E-state index in [9.17, 15) is 9.18 Å². The highest BCUT2D eigenvalue weighted by molar-refractivity contribution is 5.80. The molecular formula is C26H24FN3O. The van der Waals surface area contributed by atoms with Gasteiger partial charge in [0, 0.05) is 53.3 Å². The van der Waals surface area contributed by atoms with Gasteiger partial charge in [-0.15, -0.1) is 0 Å². The van der Waals surface area contributed by atoms with Gasteiger partial charge in [-0.3, -0.25) is 9.78 Å². The van der Waals surface area contributed by atoms with Crippen molar-refractivity contribution < 1.29 is 9.18 Å². The number of benzene rings is 1. The number of pyridine rings is 1. The van der Waals surface area contributed by atoms with Crippen molar-refractivity contribution in [3.05, 3.63) is 65.4 Å². The molecule has 4 nitrogen and oxygen atoms in total. The van der Waals surface area contributed by atoms with Gasteiger partial charge in [-0.1, -0.05) is 12.1 Å². The SMILES string of the molecule is O=C1CCC2c3nc(-c4ccnc(C5CC5)c4)nc(-c4ccccc4F)c3CCC2C1. The molecule has 0 saturated heterocycles. The number of nitrogens with zero attached hydrogens (tertiary/aromatic N) is 3. The topological polar surface area (TPSA) is 55.7 Å². The number of carbonyl (C=O) groups is 1. The Morgan fingerprint density at radius 2 is 1.84 bits per heavy atom. The second-order valence-corrected chi connectivity index (χ2v) is 9.17. The first kappa shape index (κ1) is 18.8. The fraction of sp³-hybridized carbons (Fsp3) is 0.385. The van der Waals surface area contributed by atoms with Crippen LogP contribution in [-0.2, 0) is 11.2 Å². The summed E-state index contributed by atoms with van der Waals surface area (Å²) in [6, 6.07) is 10.9. The molecule has 0 aliphatic heterocycles. The number of hydrogen-bond acceptors (Lipinski definition) is 4. The molecule has 0 amide bonds. The summed E-state index contributed by atoms with van der Waals surface area (Å²) in [7, 11) is 0. The Hall–Kier alpha value is -2.95. The van der Waals surface area contributed by atoms with Gasteiger partial charge in [0.25, 0.3) is 0 Å². The minimum atomic E-state index is -0.260. The summed E-state index contributed by atoms with van der Waals surface area (Å²) in [5.74, 6) is 1.86. The minimum absolute atomic E-state index is 0.249. The molecule has 2 heterocycles. The highest BCUT2D eigenvalue weighted by Crippen LogP contribution is 2.46. The summed E-state index contributed by atoms with van der Waals surface area (Å²) in [5, 5.41) is 0. The molecule has 2 fully saturated rings. The number of Topliss-reactive ketones (excluding diaryl/α,β-unsaturated/α-hetero) is 1. The van der Waals surface area contributed by atoms with Gasteiger partial charge in [0.2, 0.25) is 0 Å². The fourth-order valence-corrected chi connectivity index (χ4v) is 5.33. The van der Waals surface area contributed by atoms with Crippen molar-refractivity contribution in [2.75, 3.05) is 0 Å². The van der Waals surface area contributed by atoms with Crippen LogP contribution in [0, 0.1) is 11.7 Å². The Labute approximate surface area is 181 Å². The number of ketones is 1. The maximum Gasteiger partial charge on any atom is 0.160 e. The van der Waals surface area contributed by atoms with Gasteiger partial charge in [0.1, 0.15) is 11.6 Å². The van der Waals surface area contributed by atoms with Crippen molar-refractivity contribution in [3.63, 3.8) is 0 Å². The van der Waals surface area contributed by atoms with E-state index in [0.717, 1.165) is 41.8 Å². The number of halogens is 1. The average molecular weight is 413 g/mol. The zero-order chi connectivity index (χ0) is 20.9. The molecule has 2 atom stereocenters. The molecule has 0 bridgehead atoms. The summed E-state index contributed by atoms with van der Waals surface area (Å²) in [5.41, 5.74) is 5.35. The molecule has 0 spiro atoms. The molecule has 2 unspecified atom stereocenters. The van der Waals surface area contributed by atoms with E-state index in [0.29, 0.717) is 47.5 Å². The Morgan fingerprint density at radius 3 is 2.68 bits per heavy atom. The van der Waals surface area contributed by atoms with Crippen LogP contribution in [-0.4, -0.2) is 20.7 Å². The Balaban J connectivity index is 1.54. The standard InChI is InChI=1S/C26H24FN3O/c27-22-4-2-1-3-20(22)25-21-9-7-16-13-18(31)8-10-19(16)24(21)29-26(30-25)17-11-12-28-23(14-17)15-5-6-15/h1-4,11-12,14-16,19H,5-10,13H2. The van der Waals surface area contributed by atoms with Crippen molar-refractivity contribution >= 4 is 5.78 Å². The molecular weight excluding hydrogens is 389 g/mol. The summed E-state index contributed by atoms with van der Waals surface area (Å²) in [6.45, 7) is 0. The molecule has 3 aliphatic carbocycles. The number of rotatable bonds is 3. The third-order valence-electron chi connectivity index (χ3n) is 7.11. The van der Waals surface area contributed by atoms with Crippen LogP contribution in [0.4, 0.5) is 4.39 Å². The van der Waals surface area contributed by atoms with E-state index >= 15 is 0 Å². The lowest BCUT2D eigenvalue weighted by atomic mass is 9.69. The van der Waals surface area contributed by atoms with Crippen molar-refractivity contribution in [3.8, 4) is 22.6 Å². The van der Waals surface area contributed by atoms with Gasteiger partial charge < -0.3 is 0 Å². The highest BCUT2D eigenvalue weighted by Gasteiger charge is 2.37. The molecule has 6 rings (SSSR count). The minimum Gasteiger partial charge on any atom is -0.300 e. The zero-order valence-electron chi connectivity index (χ0n) is 17.4. The molecule has 5 heteroatoms. The van der Waals surface area contributed by atoms with Gasteiger partial charge in [-0.25, -0.2) is 14.4 Å². The van der Waals surface area contributed by atoms with Gasteiger partial charge in [0.05, 0.1) is 11.4 Å². The van der Waals surface area contributed by atoms with Crippen molar-refractivity contribution in [2.45, 2.75) is 56.8 Å². The summed E-state index contributed by atoms with van der Waals surface area (Å²) in [6.07, 6.45) is 7.99. The van der Waals surface area contributed by atoms with Crippen LogP contribution >= 0.6 is 0 Å². The van der Waals surface area contributed by atoms with E-state index in [1.165, 1.54) is 18.9 Å². The van der Waals surface area contributed by atoms with E-state index in [1.54, 1.807) is 12.1 Å². The first-order valence-corrected chi connectivity index (χ1v) is 11.3. The van der Waals surface area contributed by atoms with Crippen LogP contribution < -0.4 is 0 Å². The van der Waals surface area contributed by atoms with Crippen LogP contribution in [0.15, 0.2) is 42.6 Å². The molecule has 2 aromatic heterocycles. The van der Waals surface area contributed by atoms with Crippen LogP contribution in [0.25, 0.3) is 22.6 Å². The van der Waals surface area contributed by atoms with E-state index in [2.05, 4.69) is 11.1 Å². The Morgan fingerprint density at radius 1 is 0.968 bits per heavy atom. The Kier molecular flexibility index (Phi) is 4.44. The van der Waals surface area contributed by atoms with Crippen LogP contribution in [0.3, 0.4) is 0 Å². The van der Waals surface area contributed by atoms with Gasteiger partial charge in [-0.2, -0.15) is 0 Å².